The molecule has 0 atom stereocenters. The Balaban J connectivity index is 1.50. The van der Waals surface area contributed by atoms with Crippen LogP contribution >= 0.6 is 11.8 Å². The van der Waals surface area contributed by atoms with Gasteiger partial charge >= 0.3 is 0 Å². The molecule has 2 heterocycles. The van der Waals surface area contributed by atoms with Crippen molar-refractivity contribution in [3.05, 3.63) is 36.5 Å². The Morgan fingerprint density at radius 3 is 2.76 bits per heavy atom. The second kappa shape index (κ2) is 6.80. The van der Waals surface area contributed by atoms with Crippen LogP contribution < -0.4 is 0 Å². The fourth-order valence-corrected chi connectivity index (χ4v) is 3.14. The zero-order valence-electron chi connectivity index (χ0n) is 11.8. The van der Waals surface area contributed by atoms with Crippen molar-refractivity contribution in [2.75, 3.05) is 18.8 Å². The topological polar surface area (TPSA) is 46.3 Å². The molecule has 0 aliphatic carbocycles. The van der Waals surface area contributed by atoms with Crippen LogP contribution in [0.25, 0.3) is 11.3 Å². The van der Waals surface area contributed by atoms with Crippen molar-refractivity contribution in [2.24, 2.45) is 0 Å². The first-order valence-electron chi connectivity index (χ1n) is 7.25. The molecular formula is C16H18N2O2S. The van der Waals surface area contributed by atoms with Crippen LogP contribution in [0.5, 0.6) is 0 Å². The van der Waals surface area contributed by atoms with Crippen LogP contribution in [0.3, 0.4) is 0 Å². The largest absolute Gasteiger partial charge is 0.431 e. The van der Waals surface area contributed by atoms with Gasteiger partial charge in [0.25, 0.3) is 5.22 Å². The lowest BCUT2D eigenvalue weighted by molar-refractivity contribution is -0.129. The highest BCUT2D eigenvalue weighted by molar-refractivity contribution is 7.99. The second-order valence-corrected chi connectivity index (χ2v) is 6.09. The quantitative estimate of drug-likeness (QED) is 0.794. The highest BCUT2D eigenvalue weighted by Gasteiger charge is 2.17. The molecule has 0 spiro atoms. The lowest BCUT2D eigenvalue weighted by Crippen LogP contribution is -2.27. The lowest BCUT2D eigenvalue weighted by Gasteiger charge is -2.14. The Hall–Kier alpha value is -1.75. The number of likely N-dealkylation sites (tertiary alicyclic amines) is 1. The molecule has 0 bridgehead atoms. The maximum absolute atomic E-state index is 11.9. The summed E-state index contributed by atoms with van der Waals surface area (Å²) in [6.45, 7) is 1.83. The Morgan fingerprint density at radius 1 is 1.24 bits per heavy atom. The van der Waals surface area contributed by atoms with Gasteiger partial charge in [0.2, 0.25) is 5.91 Å². The van der Waals surface area contributed by atoms with Crippen molar-refractivity contribution in [1.82, 2.24) is 9.88 Å². The molecule has 3 rings (SSSR count). The number of aromatic nitrogens is 1. The van der Waals surface area contributed by atoms with E-state index in [9.17, 15) is 4.79 Å². The Bertz CT molecular complexity index is 591. The maximum Gasteiger partial charge on any atom is 0.256 e. The van der Waals surface area contributed by atoms with Crippen LogP contribution in [-0.2, 0) is 4.79 Å². The van der Waals surface area contributed by atoms with E-state index in [1.54, 1.807) is 6.20 Å². The van der Waals surface area contributed by atoms with Crippen molar-refractivity contribution < 1.29 is 9.21 Å². The van der Waals surface area contributed by atoms with E-state index in [-0.39, 0.29) is 5.91 Å². The number of hydrogen-bond donors (Lipinski definition) is 0. The van der Waals surface area contributed by atoms with Gasteiger partial charge in [-0.3, -0.25) is 4.79 Å². The molecule has 1 saturated heterocycles. The van der Waals surface area contributed by atoms with Gasteiger partial charge in [-0.05, 0) is 12.8 Å². The predicted octanol–water partition coefficient (Wildman–Crippen LogP) is 3.45. The van der Waals surface area contributed by atoms with Crippen molar-refractivity contribution in [3.63, 3.8) is 0 Å². The summed E-state index contributed by atoms with van der Waals surface area (Å²) in [6.07, 6.45) is 4.56. The standard InChI is InChI=1S/C16H18N2O2S/c19-15(18-9-4-5-10-18)8-11-21-16-17-12-14(20-16)13-6-2-1-3-7-13/h1-3,6-7,12H,4-5,8-11H2. The Kier molecular flexibility index (Phi) is 4.60. The van der Waals surface area contributed by atoms with Gasteiger partial charge in [0.15, 0.2) is 5.76 Å². The molecule has 1 fully saturated rings. The average Bonchev–Trinajstić information content (AvgIpc) is 3.20. The number of thioether (sulfide) groups is 1. The first-order valence-corrected chi connectivity index (χ1v) is 8.23. The fraction of sp³-hybridized carbons (Fsp3) is 0.375. The number of amides is 1. The molecule has 0 saturated carbocycles. The zero-order valence-corrected chi connectivity index (χ0v) is 12.6. The summed E-state index contributed by atoms with van der Waals surface area (Å²) in [5, 5.41) is 0.628. The molecule has 0 N–H and O–H groups in total. The van der Waals surface area contributed by atoms with Gasteiger partial charge in [-0.2, -0.15) is 0 Å². The minimum absolute atomic E-state index is 0.245. The smallest absolute Gasteiger partial charge is 0.256 e. The first-order chi connectivity index (χ1) is 10.3. The highest BCUT2D eigenvalue weighted by Crippen LogP contribution is 2.25. The molecule has 1 aromatic carbocycles. The van der Waals surface area contributed by atoms with Gasteiger partial charge < -0.3 is 9.32 Å². The van der Waals surface area contributed by atoms with Gasteiger partial charge in [0.1, 0.15) is 0 Å². The second-order valence-electron chi connectivity index (χ2n) is 5.04. The van der Waals surface area contributed by atoms with Crippen molar-refractivity contribution in [2.45, 2.75) is 24.5 Å². The van der Waals surface area contributed by atoms with E-state index in [0.29, 0.717) is 17.4 Å². The molecule has 21 heavy (non-hydrogen) atoms. The SMILES string of the molecule is O=C(CCSc1ncc(-c2ccccc2)o1)N1CCCC1. The molecule has 1 aliphatic rings. The van der Waals surface area contributed by atoms with E-state index >= 15 is 0 Å². The monoisotopic (exact) mass is 302 g/mol. The van der Waals surface area contributed by atoms with Crippen LogP contribution in [0.2, 0.25) is 0 Å². The number of rotatable bonds is 5. The summed E-state index contributed by atoms with van der Waals surface area (Å²) in [6, 6.07) is 9.90. The van der Waals surface area contributed by atoms with E-state index in [0.717, 1.165) is 37.3 Å². The number of oxazole rings is 1. The third-order valence-electron chi connectivity index (χ3n) is 3.54. The van der Waals surface area contributed by atoms with E-state index in [1.807, 2.05) is 35.2 Å². The summed E-state index contributed by atoms with van der Waals surface area (Å²) in [7, 11) is 0. The molecular weight excluding hydrogens is 284 g/mol. The first kappa shape index (κ1) is 14.2. The molecule has 4 nitrogen and oxygen atoms in total. The van der Waals surface area contributed by atoms with Crippen LogP contribution in [0.4, 0.5) is 0 Å². The highest BCUT2D eigenvalue weighted by atomic mass is 32.2. The van der Waals surface area contributed by atoms with E-state index in [4.69, 9.17) is 4.42 Å². The summed E-state index contributed by atoms with van der Waals surface area (Å²) in [5.41, 5.74) is 1.02. The van der Waals surface area contributed by atoms with Gasteiger partial charge in [-0.25, -0.2) is 4.98 Å². The molecule has 0 unspecified atom stereocenters. The third-order valence-corrected chi connectivity index (χ3v) is 4.39. The van der Waals surface area contributed by atoms with Crippen LogP contribution in [0, 0.1) is 0 Å². The molecule has 2 aromatic rings. The molecule has 110 valence electrons. The number of nitrogens with zero attached hydrogens (tertiary/aromatic N) is 2. The average molecular weight is 302 g/mol. The van der Waals surface area contributed by atoms with Gasteiger partial charge in [-0.1, -0.05) is 42.1 Å². The normalized spacial score (nSPS) is 14.6. The number of carbonyl (C=O) groups excluding carboxylic acids is 1. The van der Waals surface area contributed by atoms with E-state index < -0.39 is 0 Å². The van der Waals surface area contributed by atoms with E-state index in [2.05, 4.69) is 4.98 Å². The van der Waals surface area contributed by atoms with Crippen LogP contribution in [0.15, 0.2) is 46.2 Å². The Labute approximate surface area is 128 Å². The molecule has 5 heteroatoms. The van der Waals surface area contributed by atoms with Gasteiger partial charge in [0, 0.05) is 30.8 Å². The number of hydrogen-bond acceptors (Lipinski definition) is 4. The minimum atomic E-state index is 0.245. The van der Waals surface area contributed by atoms with Gasteiger partial charge in [-0.15, -0.1) is 0 Å². The van der Waals surface area contributed by atoms with Crippen LogP contribution in [-0.4, -0.2) is 34.6 Å². The third kappa shape index (κ3) is 3.67. The minimum Gasteiger partial charge on any atom is -0.431 e. The molecule has 1 amide bonds. The Morgan fingerprint density at radius 2 is 2.00 bits per heavy atom. The maximum atomic E-state index is 11.9. The predicted molar refractivity (Wildman–Crippen MR) is 83.1 cm³/mol. The summed E-state index contributed by atoms with van der Waals surface area (Å²) in [5.74, 6) is 1.73. The summed E-state index contributed by atoms with van der Waals surface area (Å²) >= 11 is 1.50. The molecule has 1 aliphatic heterocycles. The summed E-state index contributed by atoms with van der Waals surface area (Å²) in [4.78, 5) is 18.1. The molecule has 0 radical (unpaired) electrons. The van der Waals surface area contributed by atoms with Crippen LogP contribution in [0.1, 0.15) is 19.3 Å². The van der Waals surface area contributed by atoms with E-state index in [1.165, 1.54) is 11.8 Å². The number of carbonyl (C=O) groups is 1. The number of benzene rings is 1. The van der Waals surface area contributed by atoms with Gasteiger partial charge in [0.05, 0.1) is 6.20 Å². The van der Waals surface area contributed by atoms with Crippen molar-refractivity contribution in [1.29, 1.82) is 0 Å². The fourth-order valence-electron chi connectivity index (χ4n) is 2.41. The van der Waals surface area contributed by atoms with Crippen molar-refractivity contribution in [3.8, 4) is 11.3 Å². The summed E-state index contributed by atoms with van der Waals surface area (Å²) < 4.78 is 5.70. The zero-order chi connectivity index (χ0) is 14.5. The lowest BCUT2D eigenvalue weighted by atomic mass is 10.2. The van der Waals surface area contributed by atoms with Crippen molar-refractivity contribution >= 4 is 17.7 Å². The molecule has 1 aromatic heterocycles.